The van der Waals surface area contributed by atoms with Crippen molar-refractivity contribution >= 4 is 5.91 Å². The Morgan fingerprint density at radius 1 is 1.00 bits per heavy atom. The quantitative estimate of drug-likeness (QED) is 0.721. The van der Waals surface area contributed by atoms with E-state index in [1.807, 2.05) is 49.4 Å². The van der Waals surface area contributed by atoms with Crippen LogP contribution in [0.3, 0.4) is 0 Å². The minimum absolute atomic E-state index is 0.429. The first kappa shape index (κ1) is 17.8. The Bertz CT molecular complexity index is 824. The molecule has 2 N–H and O–H groups in total. The summed E-state index contributed by atoms with van der Waals surface area (Å²) >= 11 is 0. The summed E-state index contributed by atoms with van der Waals surface area (Å²) in [6.07, 6.45) is 4.23. The van der Waals surface area contributed by atoms with Gasteiger partial charge in [0.25, 0.3) is 5.91 Å². The molecule has 4 heteroatoms. The topological polar surface area (TPSA) is 62.2 Å². The van der Waals surface area contributed by atoms with E-state index in [4.69, 9.17) is 0 Å². The molecule has 3 rings (SSSR count). The number of carbonyl (C=O) groups is 1. The van der Waals surface area contributed by atoms with Crippen LogP contribution in [0.4, 0.5) is 0 Å². The molecule has 2 aromatic carbocycles. The maximum absolute atomic E-state index is 13.0. The van der Waals surface area contributed by atoms with Gasteiger partial charge in [0.1, 0.15) is 0 Å². The second-order valence-electron chi connectivity index (χ2n) is 6.25. The summed E-state index contributed by atoms with van der Waals surface area (Å²) in [6, 6.07) is 20.0. The highest BCUT2D eigenvalue weighted by molar-refractivity contribution is 5.90. The van der Waals surface area contributed by atoms with Gasteiger partial charge in [0, 0.05) is 18.9 Å². The third kappa shape index (κ3) is 3.65. The molecule has 1 aromatic heterocycles. The number of hydrogen-bond acceptors (Lipinski definition) is 3. The van der Waals surface area contributed by atoms with Crippen LogP contribution in [0.1, 0.15) is 22.3 Å². The molecule has 26 heavy (non-hydrogen) atoms. The van der Waals surface area contributed by atoms with Crippen molar-refractivity contribution in [2.75, 3.05) is 6.54 Å². The average molecular weight is 346 g/mol. The zero-order valence-electron chi connectivity index (χ0n) is 14.7. The summed E-state index contributed by atoms with van der Waals surface area (Å²) in [7, 11) is 0. The van der Waals surface area contributed by atoms with E-state index in [1.165, 1.54) is 0 Å². The molecule has 0 aliphatic carbocycles. The predicted octanol–water partition coefficient (Wildman–Crippen LogP) is 2.98. The van der Waals surface area contributed by atoms with Crippen molar-refractivity contribution in [3.8, 4) is 0 Å². The fourth-order valence-electron chi connectivity index (χ4n) is 3.01. The molecule has 4 nitrogen and oxygen atoms in total. The number of aliphatic hydroxyl groups is 1. The van der Waals surface area contributed by atoms with Crippen LogP contribution in [0.2, 0.25) is 0 Å². The highest BCUT2D eigenvalue weighted by atomic mass is 16.3. The molecule has 0 aliphatic rings. The summed E-state index contributed by atoms with van der Waals surface area (Å²) in [4.78, 5) is 17.0. The molecule has 1 amide bonds. The molecule has 0 fully saturated rings. The third-order valence-corrected chi connectivity index (χ3v) is 4.53. The summed E-state index contributed by atoms with van der Waals surface area (Å²) in [5, 5.41) is 14.2. The lowest BCUT2D eigenvalue weighted by molar-refractivity contribution is -0.136. The molecule has 0 saturated heterocycles. The van der Waals surface area contributed by atoms with E-state index in [2.05, 4.69) is 10.3 Å². The van der Waals surface area contributed by atoms with Gasteiger partial charge in [-0.25, -0.2) is 0 Å². The Morgan fingerprint density at radius 2 is 1.58 bits per heavy atom. The molecule has 0 unspecified atom stereocenters. The maximum Gasteiger partial charge on any atom is 0.261 e. The monoisotopic (exact) mass is 346 g/mol. The molecule has 132 valence electrons. The van der Waals surface area contributed by atoms with Gasteiger partial charge >= 0.3 is 0 Å². The van der Waals surface area contributed by atoms with Crippen LogP contribution in [-0.2, 0) is 16.8 Å². The number of nitrogens with one attached hydrogen (secondary N) is 1. The Morgan fingerprint density at radius 3 is 2.12 bits per heavy atom. The van der Waals surface area contributed by atoms with Gasteiger partial charge in [0.15, 0.2) is 5.60 Å². The van der Waals surface area contributed by atoms with E-state index in [1.54, 1.807) is 36.7 Å². The largest absolute Gasteiger partial charge is 0.372 e. The van der Waals surface area contributed by atoms with Crippen LogP contribution >= 0.6 is 0 Å². The first-order chi connectivity index (χ1) is 12.6. The molecular weight excluding hydrogens is 324 g/mol. The Balaban J connectivity index is 1.81. The molecule has 0 bridgehead atoms. The van der Waals surface area contributed by atoms with Gasteiger partial charge in [0.2, 0.25) is 0 Å². The maximum atomic E-state index is 13.0. The Kier molecular flexibility index (Phi) is 5.44. The molecule has 0 saturated carbocycles. The number of aryl methyl sites for hydroxylation is 1. The summed E-state index contributed by atoms with van der Waals surface area (Å²) in [5.41, 5.74) is 1.58. The van der Waals surface area contributed by atoms with Crippen LogP contribution in [0.15, 0.2) is 79.1 Å². The summed E-state index contributed by atoms with van der Waals surface area (Å²) in [6.45, 7) is 2.43. The molecular formula is C22H22N2O2. The SMILES string of the molecule is Cc1cnccc1CCNC(=O)C(O)(c1ccccc1)c1ccccc1. The molecule has 0 atom stereocenters. The zero-order valence-corrected chi connectivity index (χ0v) is 14.7. The number of rotatable bonds is 6. The van der Waals surface area contributed by atoms with E-state index in [0.29, 0.717) is 24.1 Å². The van der Waals surface area contributed by atoms with Crippen molar-refractivity contribution in [2.45, 2.75) is 18.9 Å². The van der Waals surface area contributed by atoms with Crippen molar-refractivity contribution in [3.05, 3.63) is 101 Å². The second kappa shape index (κ2) is 7.93. The van der Waals surface area contributed by atoms with Crippen LogP contribution in [0.5, 0.6) is 0 Å². The van der Waals surface area contributed by atoms with Gasteiger partial charge in [0.05, 0.1) is 0 Å². The number of nitrogens with zero attached hydrogens (tertiary/aromatic N) is 1. The number of amides is 1. The third-order valence-electron chi connectivity index (χ3n) is 4.53. The van der Waals surface area contributed by atoms with Gasteiger partial charge in [-0.2, -0.15) is 0 Å². The van der Waals surface area contributed by atoms with Crippen molar-refractivity contribution in [2.24, 2.45) is 0 Å². The highest BCUT2D eigenvalue weighted by Crippen LogP contribution is 2.29. The number of benzene rings is 2. The van der Waals surface area contributed by atoms with Gasteiger partial charge in [-0.1, -0.05) is 60.7 Å². The van der Waals surface area contributed by atoms with E-state index < -0.39 is 11.5 Å². The van der Waals surface area contributed by atoms with E-state index in [0.717, 1.165) is 11.1 Å². The lowest BCUT2D eigenvalue weighted by atomic mass is 9.85. The van der Waals surface area contributed by atoms with Crippen molar-refractivity contribution < 1.29 is 9.90 Å². The molecule has 1 heterocycles. The fraction of sp³-hybridized carbons (Fsp3) is 0.182. The van der Waals surface area contributed by atoms with Gasteiger partial charge in [-0.15, -0.1) is 0 Å². The summed E-state index contributed by atoms with van der Waals surface area (Å²) < 4.78 is 0. The number of aromatic nitrogens is 1. The Hall–Kier alpha value is -2.98. The fourth-order valence-corrected chi connectivity index (χ4v) is 3.01. The first-order valence-electron chi connectivity index (χ1n) is 8.63. The normalized spacial score (nSPS) is 11.2. The van der Waals surface area contributed by atoms with Crippen LogP contribution in [0.25, 0.3) is 0 Å². The van der Waals surface area contributed by atoms with Crippen LogP contribution in [-0.4, -0.2) is 22.5 Å². The van der Waals surface area contributed by atoms with E-state index in [-0.39, 0.29) is 0 Å². The number of pyridine rings is 1. The molecule has 0 radical (unpaired) electrons. The lowest BCUT2D eigenvalue weighted by Gasteiger charge is -2.28. The molecule has 3 aromatic rings. The van der Waals surface area contributed by atoms with Crippen molar-refractivity contribution in [1.82, 2.24) is 10.3 Å². The molecule has 0 spiro atoms. The average Bonchev–Trinajstić information content (AvgIpc) is 2.70. The second-order valence-corrected chi connectivity index (χ2v) is 6.25. The molecule has 0 aliphatic heterocycles. The van der Waals surface area contributed by atoms with E-state index >= 15 is 0 Å². The number of carbonyl (C=O) groups excluding carboxylic acids is 1. The zero-order chi connectivity index (χ0) is 18.4. The first-order valence-corrected chi connectivity index (χ1v) is 8.63. The highest BCUT2D eigenvalue weighted by Gasteiger charge is 2.39. The van der Waals surface area contributed by atoms with Gasteiger partial charge in [-0.3, -0.25) is 9.78 Å². The van der Waals surface area contributed by atoms with Crippen molar-refractivity contribution in [1.29, 1.82) is 0 Å². The smallest absolute Gasteiger partial charge is 0.261 e. The Labute approximate surface area is 153 Å². The predicted molar refractivity (Wildman–Crippen MR) is 102 cm³/mol. The summed E-state index contributed by atoms with van der Waals surface area (Å²) in [5.74, 6) is -0.429. The minimum Gasteiger partial charge on any atom is -0.372 e. The van der Waals surface area contributed by atoms with Crippen LogP contribution < -0.4 is 5.32 Å². The lowest BCUT2D eigenvalue weighted by Crippen LogP contribution is -2.46. The van der Waals surface area contributed by atoms with Gasteiger partial charge in [-0.05, 0) is 41.7 Å². The van der Waals surface area contributed by atoms with Gasteiger partial charge < -0.3 is 10.4 Å². The minimum atomic E-state index is -1.73. The number of hydrogen-bond donors (Lipinski definition) is 2. The standard InChI is InChI=1S/C22H22N2O2/c1-17-16-23-14-12-18(17)13-15-24-21(25)22(26,19-8-4-2-5-9-19)20-10-6-3-7-11-20/h2-12,14,16,26H,13,15H2,1H3,(H,24,25). The van der Waals surface area contributed by atoms with Crippen molar-refractivity contribution in [3.63, 3.8) is 0 Å². The van der Waals surface area contributed by atoms with Crippen LogP contribution in [0, 0.1) is 6.92 Å². The van der Waals surface area contributed by atoms with E-state index in [9.17, 15) is 9.90 Å².